The second-order valence-corrected chi connectivity index (χ2v) is 7.69. The predicted octanol–water partition coefficient (Wildman–Crippen LogP) is 3.04. The van der Waals surface area contributed by atoms with Gasteiger partial charge in [-0.25, -0.2) is 0 Å². The van der Waals surface area contributed by atoms with Gasteiger partial charge < -0.3 is 20.1 Å². The number of rotatable bonds is 9. The minimum absolute atomic E-state index is 0. The Morgan fingerprint density at radius 2 is 1.80 bits per heavy atom. The maximum atomic E-state index is 4.78. The van der Waals surface area contributed by atoms with Crippen molar-refractivity contribution in [2.75, 3.05) is 52.9 Å². The first-order valence-corrected chi connectivity index (χ1v) is 10.9. The van der Waals surface area contributed by atoms with Crippen molar-refractivity contribution in [3.63, 3.8) is 0 Å². The van der Waals surface area contributed by atoms with Crippen molar-refractivity contribution in [2.45, 2.75) is 25.9 Å². The van der Waals surface area contributed by atoms with Crippen molar-refractivity contribution in [1.82, 2.24) is 25.0 Å². The number of halogens is 1. The number of aliphatic imine (C=N–C) groups is 1. The zero-order valence-corrected chi connectivity index (χ0v) is 20.7. The number of piperazine rings is 1. The Labute approximate surface area is 198 Å². The van der Waals surface area contributed by atoms with Gasteiger partial charge in [0.2, 0.25) is 0 Å². The number of likely N-dealkylation sites (N-methyl/N-ethyl adjacent to an activating group) is 1. The van der Waals surface area contributed by atoms with Gasteiger partial charge in [-0.1, -0.05) is 30.3 Å². The standard InChI is InChI=1S/C23H36N6.HI/c1-3-24-23(26-13-17-28-14-7-8-15-28)25-12-9-16-29-19-18-27(2)20-22(29)21-10-5-4-6-11-21;/h4-8,10-11,14-15,22H,3,9,12-13,16-20H2,1-2H3,(H2,24,25,26);1H. The molecule has 7 heteroatoms. The smallest absolute Gasteiger partial charge is 0.191 e. The fourth-order valence-corrected chi connectivity index (χ4v) is 3.85. The summed E-state index contributed by atoms with van der Waals surface area (Å²) < 4.78 is 2.17. The summed E-state index contributed by atoms with van der Waals surface area (Å²) in [7, 11) is 2.22. The summed E-state index contributed by atoms with van der Waals surface area (Å²) >= 11 is 0. The van der Waals surface area contributed by atoms with Crippen molar-refractivity contribution in [1.29, 1.82) is 0 Å². The van der Waals surface area contributed by atoms with Crippen LogP contribution in [0.4, 0.5) is 0 Å². The van der Waals surface area contributed by atoms with E-state index in [1.807, 2.05) is 0 Å². The third kappa shape index (κ3) is 7.92. The Kier molecular flexibility index (Phi) is 11.2. The molecule has 1 aliphatic rings. The summed E-state index contributed by atoms with van der Waals surface area (Å²) in [5.41, 5.74) is 1.42. The fourth-order valence-electron chi connectivity index (χ4n) is 3.85. The SMILES string of the molecule is CCNC(=NCCCN1CCN(C)CC1c1ccccc1)NCCn1cccc1.I. The number of benzene rings is 1. The first-order valence-electron chi connectivity index (χ1n) is 10.9. The van der Waals surface area contributed by atoms with Crippen LogP contribution < -0.4 is 10.6 Å². The molecule has 166 valence electrons. The molecule has 0 saturated carbocycles. The molecule has 1 aromatic heterocycles. The topological polar surface area (TPSA) is 47.8 Å². The molecule has 6 nitrogen and oxygen atoms in total. The van der Waals surface area contributed by atoms with Crippen LogP contribution in [0.1, 0.15) is 24.9 Å². The molecule has 1 saturated heterocycles. The lowest BCUT2D eigenvalue weighted by Crippen LogP contribution is -2.47. The number of guanidine groups is 1. The molecule has 1 atom stereocenters. The summed E-state index contributed by atoms with van der Waals surface area (Å²) in [5.74, 6) is 0.914. The minimum Gasteiger partial charge on any atom is -0.357 e. The van der Waals surface area contributed by atoms with Gasteiger partial charge in [0.1, 0.15) is 0 Å². The van der Waals surface area contributed by atoms with Gasteiger partial charge in [0, 0.05) is 70.8 Å². The van der Waals surface area contributed by atoms with E-state index in [1.165, 1.54) is 5.56 Å². The normalized spacial score (nSPS) is 18.1. The second kappa shape index (κ2) is 13.7. The number of hydrogen-bond donors (Lipinski definition) is 2. The number of aromatic nitrogens is 1. The van der Waals surface area contributed by atoms with E-state index in [1.54, 1.807) is 0 Å². The summed E-state index contributed by atoms with van der Waals surface area (Å²) in [6.45, 7) is 10.1. The van der Waals surface area contributed by atoms with Gasteiger partial charge in [-0.2, -0.15) is 0 Å². The Hall–Kier alpha value is -1.58. The Bertz CT molecular complexity index is 719. The molecular weight excluding hydrogens is 487 g/mol. The van der Waals surface area contributed by atoms with Crippen LogP contribution >= 0.6 is 24.0 Å². The van der Waals surface area contributed by atoms with Gasteiger partial charge in [-0.3, -0.25) is 9.89 Å². The van der Waals surface area contributed by atoms with E-state index < -0.39 is 0 Å². The highest BCUT2D eigenvalue weighted by Gasteiger charge is 2.25. The lowest BCUT2D eigenvalue weighted by molar-refractivity contribution is 0.0894. The molecule has 0 bridgehead atoms. The van der Waals surface area contributed by atoms with E-state index in [9.17, 15) is 0 Å². The number of nitrogens with one attached hydrogen (secondary N) is 2. The lowest BCUT2D eigenvalue weighted by atomic mass is 10.0. The molecule has 1 aromatic carbocycles. The third-order valence-corrected chi connectivity index (χ3v) is 5.42. The van der Waals surface area contributed by atoms with Crippen LogP contribution in [-0.4, -0.2) is 73.2 Å². The van der Waals surface area contributed by atoms with Crippen LogP contribution in [0, 0.1) is 0 Å². The van der Waals surface area contributed by atoms with Crippen molar-refractivity contribution in [2.24, 2.45) is 4.99 Å². The number of nitrogens with zero attached hydrogens (tertiary/aromatic N) is 4. The lowest BCUT2D eigenvalue weighted by Gasteiger charge is -2.40. The molecule has 2 heterocycles. The van der Waals surface area contributed by atoms with E-state index in [2.05, 4.69) is 93.8 Å². The van der Waals surface area contributed by atoms with Crippen LogP contribution in [0.15, 0.2) is 59.9 Å². The molecule has 2 aromatic rings. The summed E-state index contributed by atoms with van der Waals surface area (Å²) in [6.07, 6.45) is 5.25. The van der Waals surface area contributed by atoms with Gasteiger partial charge >= 0.3 is 0 Å². The van der Waals surface area contributed by atoms with Crippen molar-refractivity contribution in [3.05, 3.63) is 60.4 Å². The molecule has 0 amide bonds. The first-order chi connectivity index (χ1) is 14.3. The highest BCUT2D eigenvalue weighted by Crippen LogP contribution is 2.24. The molecule has 1 fully saturated rings. The molecule has 0 radical (unpaired) electrons. The largest absolute Gasteiger partial charge is 0.357 e. The van der Waals surface area contributed by atoms with Gasteiger partial charge in [-0.15, -0.1) is 24.0 Å². The Morgan fingerprint density at radius 1 is 1.03 bits per heavy atom. The molecule has 2 N–H and O–H groups in total. The molecule has 1 unspecified atom stereocenters. The van der Waals surface area contributed by atoms with E-state index in [4.69, 9.17) is 4.99 Å². The number of hydrogen-bond acceptors (Lipinski definition) is 3. The van der Waals surface area contributed by atoms with Crippen LogP contribution in [0.3, 0.4) is 0 Å². The molecule has 30 heavy (non-hydrogen) atoms. The van der Waals surface area contributed by atoms with Gasteiger partial charge in [-0.05, 0) is 38.1 Å². The van der Waals surface area contributed by atoms with Crippen molar-refractivity contribution < 1.29 is 0 Å². The van der Waals surface area contributed by atoms with Crippen LogP contribution in [0.2, 0.25) is 0 Å². The van der Waals surface area contributed by atoms with E-state index in [-0.39, 0.29) is 24.0 Å². The van der Waals surface area contributed by atoms with Crippen molar-refractivity contribution >= 4 is 29.9 Å². The first kappa shape index (κ1) is 24.7. The van der Waals surface area contributed by atoms with E-state index >= 15 is 0 Å². The fraction of sp³-hybridized carbons (Fsp3) is 0.522. The van der Waals surface area contributed by atoms with Crippen LogP contribution in [0.25, 0.3) is 0 Å². The van der Waals surface area contributed by atoms with Gasteiger partial charge in [0.25, 0.3) is 0 Å². The maximum absolute atomic E-state index is 4.78. The minimum atomic E-state index is 0. The second-order valence-electron chi connectivity index (χ2n) is 7.69. The summed E-state index contributed by atoms with van der Waals surface area (Å²) in [6, 6.07) is 15.5. The van der Waals surface area contributed by atoms with Crippen molar-refractivity contribution in [3.8, 4) is 0 Å². The molecule has 0 aliphatic carbocycles. The van der Waals surface area contributed by atoms with E-state index in [0.29, 0.717) is 6.04 Å². The van der Waals surface area contributed by atoms with Crippen LogP contribution in [-0.2, 0) is 6.54 Å². The highest BCUT2D eigenvalue weighted by atomic mass is 127. The zero-order valence-electron chi connectivity index (χ0n) is 18.3. The molecule has 0 spiro atoms. The average Bonchev–Trinajstić information content (AvgIpc) is 3.26. The Balaban J connectivity index is 0.00000320. The predicted molar refractivity (Wildman–Crippen MR) is 137 cm³/mol. The van der Waals surface area contributed by atoms with Gasteiger partial charge in [0.05, 0.1) is 0 Å². The quantitative estimate of drug-likeness (QED) is 0.229. The molecule has 1 aliphatic heterocycles. The van der Waals surface area contributed by atoms with Crippen LogP contribution in [0.5, 0.6) is 0 Å². The maximum Gasteiger partial charge on any atom is 0.191 e. The summed E-state index contributed by atoms with van der Waals surface area (Å²) in [4.78, 5) is 9.83. The molecule has 3 rings (SSSR count). The highest BCUT2D eigenvalue weighted by molar-refractivity contribution is 14.0. The van der Waals surface area contributed by atoms with Gasteiger partial charge in [0.15, 0.2) is 5.96 Å². The Morgan fingerprint density at radius 3 is 2.53 bits per heavy atom. The molecular formula is C23H37IN6. The third-order valence-electron chi connectivity index (χ3n) is 5.42. The summed E-state index contributed by atoms with van der Waals surface area (Å²) in [5, 5.41) is 6.79. The monoisotopic (exact) mass is 524 g/mol. The van der Waals surface area contributed by atoms with E-state index in [0.717, 1.165) is 64.7 Å². The average molecular weight is 524 g/mol. The zero-order chi connectivity index (χ0) is 20.3.